The number of piperidine rings is 1. The Balaban J connectivity index is 1.88. The fourth-order valence-electron chi connectivity index (χ4n) is 3.23. The van der Waals surface area contributed by atoms with Crippen LogP contribution in [0.5, 0.6) is 0 Å². The summed E-state index contributed by atoms with van der Waals surface area (Å²) in [5, 5.41) is 0. The van der Waals surface area contributed by atoms with Gasteiger partial charge in [-0.2, -0.15) is 0 Å². The summed E-state index contributed by atoms with van der Waals surface area (Å²) in [4.78, 5) is 26.8. The number of anilines is 1. The number of aromatic nitrogens is 3. The summed E-state index contributed by atoms with van der Waals surface area (Å²) in [6.45, 7) is 5.51. The van der Waals surface area contributed by atoms with Gasteiger partial charge in [-0.25, -0.2) is 9.97 Å². The van der Waals surface area contributed by atoms with Crippen LogP contribution < -0.4 is 5.73 Å². The van der Waals surface area contributed by atoms with Gasteiger partial charge in [0.15, 0.2) is 0 Å². The number of carbonyl (C=O) groups is 1. The Morgan fingerprint density at radius 1 is 1.29 bits per heavy atom. The van der Waals surface area contributed by atoms with Gasteiger partial charge in [0.05, 0.1) is 0 Å². The average molecular weight is 325 g/mol. The van der Waals surface area contributed by atoms with Crippen molar-refractivity contribution in [1.82, 2.24) is 19.9 Å². The molecule has 2 aromatic rings. The van der Waals surface area contributed by atoms with Gasteiger partial charge in [-0.05, 0) is 37.5 Å². The highest BCUT2D eigenvalue weighted by atomic mass is 16.2. The summed E-state index contributed by atoms with van der Waals surface area (Å²) in [7, 11) is 0. The zero-order valence-corrected chi connectivity index (χ0v) is 14.2. The molecule has 1 aliphatic heterocycles. The summed E-state index contributed by atoms with van der Waals surface area (Å²) in [6.07, 6.45) is 6.10. The SMILES string of the molecule is CCC(=O)N1CCC[C@@H](c2cc(-c3cnc(N)nc3)cc(C)n2)C1. The first kappa shape index (κ1) is 16.4. The van der Waals surface area contributed by atoms with E-state index in [4.69, 9.17) is 10.7 Å². The molecule has 2 N–H and O–H groups in total. The van der Waals surface area contributed by atoms with Crippen LogP contribution in [0.1, 0.15) is 43.5 Å². The highest BCUT2D eigenvalue weighted by Gasteiger charge is 2.25. The van der Waals surface area contributed by atoms with Crippen molar-refractivity contribution >= 4 is 11.9 Å². The van der Waals surface area contributed by atoms with Crippen molar-refractivity contribution in [2.45, 2.75) is 39.0 Å². The van der Waals surface area contributed by atoms with Gasteiger partial charge in [0.2, 0.25) is 11.9 Å². The van der Waals surface area contributed by atoms with Gasteiger partial charge in [-0.3, -0.25) is 9.78 Å². The summed E-state index contributed by atoms with van der Waals surface area (Å²) in [5.74, 6) is 0.771. The van der Waals surface area contributed by atoms with Gasteiger partial charge in [-0.1, -0.05) is 6.92 Å². The molecule has 0 unspecified atom stereocenters. The number of amides is 1. The number of carbonyl (C=O) groups excluding carboxylic acids is 1. The molecule has 0 radical (unpaired) electrons. The van der Waals surface area contributed by atoms with Crippen LogP contribution in [-0.4, -0.2) is 38.8 Å². The molecule has 0 aromatic carbocycles. The smallest absolute Gasteiger partial charge is 0.222 e. The lowest BCUT2D eigenvalue weighted by atomic mass is 9.92. The van der Waals surface area contributed by atoms with Crippen LogP contribution in [0.3, 0.4) is 0 Å². The van der Waals surface area contributed by atoms with Gasteiger partial charge in [-0.15, -0.1) is 0 Å². The molecule has 3 heterocycles. The normalized spacial score (nSPS) is 17.8. The number of pyridine rings is 1. The first-order valence-corrected chi connectivity index (χ1v) is 8.41. The minimum absolute atomic E-state index is 0.222. The minimum atomic E-state index is 0.222. The largest absolute Gasteiger partial charge is 0.368 e. The maximum Gasteiger partial charge on any atom is 0.222 e. The summed E-state index contributed by atoms with van der Waals surface area (Å²) in [5.41, 5.74) is 9.52. The lowest BCUT2D eigenvalue weighted by Gasteiger charge is -2.32. The molecule has 1 aliphatic rings. The molecular weight excluding hydrogens is 302 g/mol. The fraction of sp³-hybridized carbons (Fsp3) is 0.444. The molecular formula is C18H23N5O. The van der Waals surface area contributed by atoms with E-state index in [-0.39, 0.29) is 17.8 Å². The van der Waals surface area contributed by atoms with E-state index < -0.39 is 0 Å². The number of rotatable bonds is 3. The molecule has 6 nitrogen and oxygen atoms in total. The first-order valence-electron chi connectivity index (χ1n) is 8.41. The van der Waals surface area contributed by atoms with Crippen molar-refractivity contribution in [3.63, 3.8) is 0 Å². The molecule has 1 atom stereocenters. The second-order valence-corrected chi connectivity index (χ2v) is 6.28. The Labute approximate surface area is 142 Å². The lowest BCUT2D eigenvalue weighted by Crippen LogP contribution is -2.38. The highest BCUT2D eigenvalue weighted by Crippen LogP contribution is 2.29. The molecule has 126 valence electrons. The van der Waals surface area contributed by atoms with E-state index in [0.717, 1.165) is 48.4 Å². The number of nitrogens with two attached hydrogens (primary N) is 1. The zero-order valence-electron chi connectivity index (χ0n) is 14.2. The molecule has 0 aliphatic carbocycles. The maximum absolute atomic E-state index is 12.0. The molecule has 1 saturated heterocycles. The summed E-state index contributed by atoms with van der Waals surface area (Å²) >= 11 is 0. The van der Waals surface area contributed by atoms with E-state index in [2.05, 4.69) is 16.0 Å². The van der Waals surface area contributed by atoms with Gasteiger partial charge >= 0.3 is 0 Å². The Bertz CT molecular complexity index is 729. The van der Waals surface area contributed by atoms with E-state index in [1.165, 1.54) is 0 Å². The molecule has 24 heavy (non-hydrogen) atoms. The van der Waals surface area contributed by atoms with E-state index in [0.29, 0.717) is 6.42 Å². The van der Waals surface area contributed by atoms with Crippen LogP contribution in [-0.2, 0) is 4.79 Å². The minimum Gasteiger partial charge on any atom is -0.368 e. The molecule has 1 fully saturated rings. The van der Waals surface area contributed by atoms with E-state index in [1.54, 1.807) is 12.4 Å². The van der Waals surface area contributed by atoms with Crippen LogP contribution >= 0.6 is 0 Å². The molecule has 2 aromatic heterocycles. The van der Waals surface area contributed by atoms with E-state index >= 15 is 0 Å². The number of nitrogens with zero attached hydrogens (tertiary/aromatic N) is 4. The summed E-state index contributed by atoms with van der Waals surface area (Å²) in [6, 6.07) is 4.11. The van der Waals surface area contributed by atoms with Crippen LogP contribution in [0, 0.1) is 6.92 Å². The molecule has 0 saturated carbocycles. The molecule has 0 spiro atoms. The van der Waals surface area contributed by atoms with E-state index in [9.17, 15) is 4.79 Å². The molecule has 1 amide bonds. The predicted octanol–water partition coefficient (Wildman–Crippen LogP) is 2.55. The standard InChI is InChI=1S/C18H23N5O/c1-3-17(24)23-6-4-5-13(11-23)16-8-14(7-12(2)22-16)15-9-20-18(19)21-10-15/h7-10,13H,3-6,11H2,1-2H3,(H2,19,20,21)/t13-/m1/s1. The molecule has 6 heteroatoms. The van der Waals surface area contributed by atoms with Crippen molar-refractivity contribution < 1.29 is 4.79 Å². The second kappa shape index (κ2) is 6.95. The zero-order chi connectivity index (χ0) is 17.1. The van der Waals surface area contributed by atoms with Gasteiger partial charge in [0.1, 0.15) is 0 Å². The van der Waals surface area contributed by atoms with E-state index in [1.807, 2.05) is 24.8 Å². The van der Waals surface area contributed by atoms with Crippen LogP contribution in [0.4, 0.5) is 5.95 Å². The average Bonchev–Trinajstić information content (AvgIpc) is 2.61. The third-order valence-electron chi connectivity index (χ3n) is 4.47. The second-order valence-electron chi connectivity index (χ2n) is 6.28. The Morgan fingerprint density at radius 3 is 2.75 bits per heavy atom. The fourth-order valence-corrected chi connectivity index (χ4v) is 3.23. The van der Waals surface area contributed by atoms with Crippen molar-refractivity contribution in [3.8, 4) is 11.1 Å². The van der Waals surface area contributed by atoms with Crippen molar-refractivity contribution in [1.29, 1.82) is 0 Å². The maximum atomic E-state index is 12.0. The van der Waals surface area contributed by atoms with Gasteiger partial charge in [0, 0.05) is 54.8 Å². The third kappa shape index (κ3) is 3.53. The van der Waals surface area contributed by atoms with Crippen molar-refractivity contribution in [3.05, 3.63) is 35.9 Å². The quantitative estimate of drug-likeness (QED) is 0.937. The topological polar surface area (TPSA) is 85.0 Å². The summed E-state index contributed by atoms with van der Waals surface area (Å²) < 4.78 is 0. The first-order chi connectivity index (χ1) is 11.6. The number of hydrogen-bond donors (Lipinski definition) is 1. The number of nitrogen functional groups attached to an aromatic ring is 1. The predicted molar refractivity (Wildman–Crippen MR) is 93.3 cm³/mol. The third-order valence-corrected chi connectivity index (χ3v) is 4.47. The monoisotopic (exact) mass is 325 g/mol. The Morgan fingerprint density at radius 2 is 2.04 bits per heavy atom. The highest BCUT2D eigenvalue weighted by molar-refractivity contribution is 5.76. The Hall–Kier alpha value is -2.50. The van der Waals surface area contributed by atoms with Crippen LogP contribution in [0.15, 0.2) is 24.5 Å². The lowest BCUT2D eigenvalue weighted by molar-refractivity contribution is -0.132. The van der Waals surface area contributed by atoms with Crippen molar-refractivity contribution in [2.75, 3.05) is 18.8 Å². The van der Waals surface area contributed by atoms with Crippen LogP contribution in [0.25, 0.3) is 11.1 Å². The van der Waals surface area contributed by atoms with Crippen molar-refractivity contribution in [2.24, 2.45) is 0 Å². The number of hydrogen-bond acceptors (Lipinski definition) is 5. The molecule has 0 bridgehead atoms. The molecule has 3 rings (SSSR count). The van der Waals surface area contributed by atoms with Gasteiger partial charge < -0.3 is 10.6 Å². The Kier molecular flexibility index (Phi) is 4.74. The number of aryl methyl sites for hydroxylation is 1. The van der Waals surface area contributed by atoms with Crippen LogP contribution in [0.2, 0.25) is 0 Å². The van der Waals surface area contributed by atoms with Gasteiger partial charge in [0.25, 0.3) is 0 Å². The number of likely N-dealkylation sites (tertiary alicyclic amines) is 1.